The van der Waals surface area contributed by atoms with Crippen LogP contribution in [0.2, 0.25) is 0 Å². The van der Waals surface area contributed by atoms with Crippen LogP contribution in [0.5, 0.6) is 0 Å². The zero-order valence-electron chi connectivity index (χ0n) is 29.1. The molecular formula is C37H58O8. The van der Waals surface area contributed by atoms with E-state index in [1.54, 1.807) is 13.8 Å². The summed E-state index contributed by atoms with van der Waals surface area (Å²) in [5.74, 6) is -1.08. The Morgan fingerprint density at radius 3 is 2.11 bits per heavy atom. The van der Waals surface area contributed by atoms with Gasteiger partial charge < -0.3 is 29.9 Å². The van der Waals surface area contributed by atoms with Gasteiger partial charge in [-0.3, -0.25) is 4.79 Å². The molecule has 4 N–H and O–H groups in total. The van der Waals surface area contributed by atoms with Crippen molar-refractivity contribution in [3.63, 3.8) is 0 Å². The molecule has 12 unspecified atom stereocenters. The third-order valence-electron chi connectivity index (χ3n) is 14.4. The minimum Gasteiger partial charge on any atom is -0.458 e. The number of carbonyl (C=O) groups is 2. The fraction of sp³-hybridized carbons (Fsp3) is 0.838. The molecule has 0 aromatic rings. The molecule has 0 aliphatic heterocycles. The molecule has 45 heavy (non-hydrogen) atoms. The Balaban J connectivity index is 1.66. The van der Waals surface area contributed by atoms with E-state index in [-0.39, 0.29) is 28.3 Å². The first-order valence-electron chi connectivity index (χ1n) is 17.0. The highest BCUT2D eigenvalue weighted by Gasteiger charge is 2.76. The summed E-state index contributed by atoms with van der Waals surface area (Å²) >= 11 is 0. The van der Waals surface area contributed by atoms with Crippen molar-refractivity contribution in [2.75, 3.05) is 6.61 Å². The number of aliphatic hydroxyl groups is 4. The third kappa shape index (κ3) is 4.58. The highest BCUT2D eigenvalue weighted by atomic mass is 16.6. The van der Waals surface area contributed by atoms with Gasteiger partial charge >= 0.3 is 11.9 Å². The standard InChI is InChI=1S/C37H58O8/c1-20(2)17-27(41)45-30-31(44-21(3)39)37(19-38)23(18-32(30,4)5)22-11-12-25-34(8)15-14-26(40)33(6,7)24(34)13-16-35(25,9)36(22,10)28(42)29(37)43/h11,17,23-26,28-31,38,40,42-43H,12-16,18-19H2,1-10H3. The maximum atomic E-state index is 13.0. The summed E-state index contributed by atoms with van der Waals surface area (Å²) < 4.78 is 12.0. The molecule has 4 saturated carbocycles. The van der Waals surface area contributed by atoms with Gasteiger partial charge in [0.05, 0.1) is 30.3 Å². The van der Waals surface area contributed by atoms with Crippen LogP contribution in [-0.4, -0.2) is 69.5 Å². The van der Waals surface area contributed by atoms with Crippen LogP contribution in [-0.2, 0) is 19.1 Å². The van der Waals surface area contributed by atoms with Crippen LogP contribution in [0.15, 0.2) is 23.3 Å². The number of aliphatic hydroxyl groups excluding tert-OH is 4. The molecular weight excluding hydrogens is 572 g/mol. The maximum absolute atomic E-state index is 13.0. The molecule has 254 valence electrons. The molecule has 0 saturated heterocycles. The smallest absolute Gasteiger partial charge is 0.331 e. The van der Waals surface area contributed by atoms with Crippen molar-refractivity contribution < 1.29 is 39.5 Å². The molecule has 5 aliphatic rings. The molecule has 0 spiro atoms. The van der Waals surface area contributed by atoms with Gasteiger partial charge in [-0.1, -0.05) is 65.7 Å². The summed E-state index contributed by atoms with van der Waals surface area (Å²) in [5, 5.41) is 47.2. The minimum atomic E-state index is -1.48. The van der Waals surface area contributed by atoms with E-state index in [2.05, 4.69) is 40.7 Å². The molecule has 0 amide bonds. The van der Waals surface area contributed by atoms with Crippen LogP contribution in [0.4, 0.5) is 0 Å². The molecule has 12 atom stereocenters. The average Bonchev–Trinajstić information content (AvgIpc) is 2.92. The number of esters is 2. The number of fused-ring (bicyclic) bond motifs is 7. The van der Waals surface area contributed by atoms with Crippen LogP contribution >= 0.6 is 0 Å². The number of rotatable bonds is 4. The average molecular weight is 631 g/mol. The molecule has 5 aliphatic carbocycles. The first-order chi connectivity index (χ1) is 20.7. The second-order valence-electron chi connectivity index (χ2n) is 17.6. The van der Waals surface area contributed by atoms with Crippen molar-refractivity contribution >= 4 is 11.9 Å². The third-order valence-corrected chi connectivity index (χ3v) is 14.4. The lowest BCUT2D eigenvalue weighted by Crippen LogP contribution is -2.76. The summed E-state index contributed by atoms with van der Waals surface area (Å²) in [4.78, 5) is 25.6. The van der Waals surface area contributed by atoms with Gasteiger partial charge in [0.1, 0.15) is 6.10 Å². The number of allylic oxidation sites excluding steroid dienone is 2. The van der Waals surface area contributed by atoms with Gasteiger partial charge in [0.15, 0.2) is 6.10 Å². The normalized spacial score (nSPS) is 47.9. The fourth-order valence-electron chi connectivity index (χ4n) is 11.9. The highest BCUT2D eigenvalue weighted by Crippen LogP contribution is 2.76. The van der Waals surface area contributed by atoms with Crippen LogP contribution < -0.4 is 0 Å². The van der Waals surface area contributed by atoms with Crippen LogP contribution in [0, 0.1) is 50.2 Å². The van der Waals surface area contributed by atoms with Crippen molar-refractivity contribution in [1.82, 2.24) is 0 Å². The van der Waals surface area contributed by atoms with Crippen molar-refractivity contribution in [2.24, 2.45) is 50.2 Å². The van der Waals surface area contributed by atoms with Crippen LogP contribution in [0.3, 0.4) is 0 Å². The van der Waals surface area contributed by atoms with Crippen LogP contribution in [0.25, 0.3) is 0 Å². The van der Waals surface area contributed by atoms with Gasteiger partial charge in [-0.25, -0.2) is 4.79 Å². The topological polar surface area (TPSA) is 134 Å². The molecule has 0 bridgehead atoms. The van der Waals surface area contributed by atoms with Crippen molar-refractivity contribution in [1.29, 1.82) is 0 Å². The van der Waals surface area contributed by atoms with Gasteiger partial charge in [-0.15, -0.1) is 0 Å². The Labute approximate surface area is 269 Å². The number of hydrogen-bond donors (Lipinski definition) is 4. The number of ether oxygens (including phenoxy) is 2. The monoisotopic (exact) mass is 630 g/mol. The summed E-state index contributed by atoms with van der Waals surface area (Å²) in [5.41, 5.74) is -1.90. The van der Waals surface area contributed by atoms with Gasteiger partial charge in [-0.2, -0.15) is 0 Å². The Bertz CT molecular complexity index is 1280. The van der Waals surface area contributed by atoms with Gasteiger partial charge in [0, 0.05) is 23.8 Å². The Kier molecular flexibility index (Phi) is 8.37. The zero-order chi connectivity index (χ0) is 33.7. The Hall–Kier alpha value is -1.74. The Morgan fingerprint density at radius 2 is 1.53 bits per heavy atom. The summed E-state index contributed by atoms with van der Waals surface area (Å²) in [6, 6.07) is 0. The molecule has 8 nitrogen and oxygen atoms in total. The zero-order valence-corrected chi connectivity index (χ0v) is 29.1. The number of carbonyl (C=O) groups excluding carboxylic acids is 2. The summed E-state index contributed by atoms with van der Waals surface area (Å²) in [6.07, 6.45) is 3.09. The lowest BCUT2D eigenvalue weighted by molar-refractivity contribution is -0.292. The highest BCUT2D eigenvalue weighted by molar-refractivity contribution is 5.83. The van der Waals surface area contributed by atoms with Gasteiger partial charge in [0.25, 0.3) is 0 Å². The molecule has 5 rings (SSSR count). The van der Waals surface area contributed by atoms with E-state index in [9.17, 15) is 30.0 Å². The van der Waals surface area contributed by atoms with E-state index in [1.165, 1.54) is 13.0 Å². The van der Waals surface area contributed by atoms with E-state index < -0.39 is 65.1 Å². The van der Waals surface area contributed by atoms with Gasteiger partial charge in [0.2, 0.25) is 0 Å². The summed E-state index contributed by atoms with van der Waals surface area (Å²) in [7, 11) is 0. The van der Waals surface area contributed by atoms with Crippen molar-refractivity contribution in [3.05, 3.63) is 23.3 Å². The quantitative estimate of drug-likeness (QED) is 0.191. The SMILES string of the molecule is CC(=O)OC1C(OC(=O)C=C(C)C)C(C)(C)CC2C3=CCC4C5(C)CCC(O)C(C)(C)C5CCC4(C)C3(C)C(O)C(O)C21CO. The van der Waals surface area contributed by atoms with Crippen LogP contribution in [0.1, 0.15) is 108 Å². The van der Waals surface area contributed by atoms with E-state index in [1.807, 2.05) is 13.8 Å². The van der Waals surface area contributed by atoms with E-state index in [0.29, 0.717) is 12.3 Å². The van der Waals surface area contributed by atoms with E-state index in [0.717, 1.165) is 43.3 Å². The lowest BCUT2D eigenvalue weighted by atomic mass is 9.32. The maximum Gasteiger partial charge on any atom is 0.331 e. The largest absolute Gasteiger partial charge is 0.458 e. The lowest BCUT2D eigenvalue weighted by Gasteiger charge is -2.73. The Morgan fingerprint density at radius 1 is 0.889 bits per heavy atom. The van der Waals surface area contributed by atoms with Crippen molar-refractivity contribution in [3.8, 4) is 0 Å². The molecule has 8 heteroatoms. The second-order valence-corrected chi connectivity index (χ2v) is 17.6. The molecule has 0 aromatic carbocycles. The van der Waals surface area contributed by atoms with Crippen molar-refractivity contribution in [2.45, 2.75) is 138 Å². The molecule has 0 heterocycles. The van der Waals surface area contributed by atoms with E-state index in [4.69, 9.17) is 9.47 Å². The first kappa shape index (κ1) is 34.6. The molecule has 4 fully saturated rings. The number of hydrogen-bond acceptors (Lipinski definition) is 8. The molecule has 0 radical (unpaired) electrons. The fourth-order valence-corrected chi connectivity index (χ4v) is 11.9. The predicted octanol–water partition coefficient (Wildman–Crippen LogP) is 5.11. The summed E-state index contributed by atoms with van der Waals surface area (Å²) in [6.45, 7) is 19.4. The van der Waals surface area contributed by atoms with E-state index >= 15 is 0 Å². The second kappa shape index (κ2) is 10.9. The van der Waals surface area contributed by atoms with Gasteiger partial charge in [-0.05, 0) is 86.4 Å². The predicted molar refractivity (Wildman–Crippen MR) is 171 cm³/mol. The first-order valence-corrected chi connectivity index (χ1v) is 17.0. The molecule has 0 aromatic heterocycles. The minimum absolute atomic E-state index is 0.0622.